The highest BCUT2D eigenvalue weighted by Gasteiger charge is 2.16. The topological polar surface area (TPSA) is 41.1 Å². The van der Waals surface area contributed by atoms with E-state index in [1.807, 2.05) is 19.1 Å². The SMILES string of the molecule is CCCNCCNC(=O)C(C)c1ccc(Cl)s1. The summed E-state index contributed by atoms with van der Waals surface area (Å²) in [5.74, 6) is -0.0690. The first kappa shape index (κ1) is 14.5. The van der Waals surface area contributed by atoms with E-state index in [4.69, 9.17) is 11.6 Å². The lowest BCUT2D eigenvalue weighted by molar-refractivity contribution is -0.122. The van der Waals surface area contributed by atoms with Crippen LogP contribution in [0.2, 0.25) is 4.34 Å². The number of amides is 1. The molecule has 17 heavy (non-hydrogen) atoms. The van der Waals surface area contributed by atoms with Crippen molar-refractivity contribution < 1.29 is 4.79 Å². The van der Waals surface area contributed by atoms with Gasteiger partial charge in [-0.2, -0.15) is 0 Å². The van der Waals surface area contributed by atoms with Gasteiger partial charge >= 0.3 is 0 Å². The average Bonchev–Trinajstić information content (AvgIpc) is 2.74. The van der Waals surface area contributed by atoms with Crippen LogP contribution in [0.15, 0.2) is 12.1 Å². The van der Waals surface area contributed by atoms with Crippen LogP contribution < -0.4 is 10.6 Å². The van der Waals surface area contributed by atoms with Gasteiger partial charge in [-0.15, -0.1) is 11.3 Å². The maximum absolute atomic E-state index is 11.8. The fourth-order valence-electron chi connectivity index (χ4n) is 1.42. The van der Waals surface area contributed by atoms with Gasteiger partial charge in [-0.25, -0.2) is 0 Å². The summed E-state index contributed by atoms with van der Waals surface area (Å²) in [6.07, 6.45) is 1.11. The molecule has 0 aromatic carbocycles. The number of hydrogen-bond acceptors (Lipinski definition) is 3. The van der Waals surface area contributed by atoms with Crippen LogP contribution in [0.4, 0.5) is 0 Å². The molecular formula is C12H19ClN2OS. The molecule has 0 bridgehead atoms. The van der Waals surface area contributed by atoms with Crippen molar-refractivity contribution in [1.82, 2.24) is 10.6 Å². The lowest BCUT2D eigenvalue weighted by atomic mass is 10.1. The number of hydrogen-bond donors (Lipinski definition) is 2. The van der Waals surface area contributed by atoms with E-state index in [-0.39, 0.29) is 11.8 Å². The lowest BCUT2D eigenvalue weighted by Crippen LogP contribution is -2.34. The highest BCUT2D eigenvalue weighted by Crippen LogP contribution is 2.27. The Labute approximate surface area is 112 Å². The summed E-state index contributed by atoms with van der Waals surface area (Å²) in [5.41, 5.74) is 0. The number of carbonyl (C=O) groups excluding carboxylic acids is 1. The zero-order valence-electron chi connectivity index (χ0n) is 10.3. The molecule has 0 saturated heterocycles. The Hall–Kier alpha value is -0.580. The first-order valence-electron chi connectivity index (χ1n) is 5.88. The van der Waals surface area contributed by atoms with E-state index in [0.29, 0.717) is 6.54 Å². The van der Waals surface area contributed by atoms with Crippen LogP contribution in [0.25, 0.3) is 0 Å². The van der Waals surface area contributed by atoms with Gasteiger partial charge in [0.2, 0.25) is 5.91 Å². The van der Waals surface area contributed by atoms with Gasteiger partial charge in [0.15, 0.2) is 0 Å². The lowest BCUT2D eigenvalue weighted by Gasteiger charge is -2.10. The van der Waals surface area contributed by atoms with Gasteiger partial charge in [0.05, 0.1) is 10.3 Å². The molecule has 0 saturated carbocycles. The second-order valence-corrected chi connectivity index (χ2v) is 5.65. The van der Waals surface area contributed by atoms with Gasteiger partial charge in [0.25, 0.3) is 0 Å². The molecule has 0 spiro atoms. The highest BCUT2D eigenvalue weighted by molar-refractivity contribution is 7.16. The highest BCUT2D eigenvalue weighted by atomic mass is 35.5. The normalized spacial score (nSPS) is 12.4. The number of nitrogens with one attached hydrogen (secondary N) is 2. The maximum atomic E-state index is 11.8. The second kappa shape index (κ2) is 7.69. The molecule has 2 N–H and O–H groups in total. The fourth-order valence-corrected chi connectivity index (χ4v) is 2.53. The zero-order valence-corrected chi connectivity index (χ0v) is 11.8. The van der Waals surface area contributed by atoms with Gasteiger partial charge in [0, 0.05) is 18.0 Å². The van der Waals surface area contributed by atoms with Gasteiger partial charge in [-0.1, -0.05) is 18.5 Å². The van der Waals surface area contributed by atoms with Crippen molar-refractivity contribution in [3.8, 4) is 0 Å². The van der Waals surface area contributed by atoms with E-state index in [1.165, 1.54) is 11.3 Å². The maximum Gasteiger partial charge on any atom is 0.228 e. The predicted octanol–water partition coefficient (Wildman–Crippen LogP) is 2.62. The average molecular weight is 275 g/mol. The van der Waals surface area contributed by atoms with Crippen LogP contribution >= 0.6 is 22.9 Å². The molecule has 0 aliphatic rings. The first-order valence-corrected chi connectivity index (χ1v) is 7.08. The molecule has 1 rings (SSSR count). The third-order valence-electron chi connectivity index (χ3n) is 2.44. The van der Waals surface area contributed by atoms with Crippen LogP contribution in [0, 0.1) is 0 Å². The molecule has 0 fully saturated rings. The Bertz CT molecular complexity index is 354. The van der Waals surface area contributed by atoms with E-state index >= 15 is 0 Å². The smallest absolute Gasteiger partial charge is 0.228 e. The largest absolute Gasteiger partial charge is 0.354 e. The van der Waals surface area contributed by atoms with E-state index in [2.05, 4.69) is 17.6 Å². The van der Waals surface area contributed by atoms with Crippen LogP contribution in [-0.4, -0.2) is 25.5 Å². The minimum Gasteiger partial charge on any atom is -0.354 e. The van der Waals surface area contributed by atoms with Gasteiger partial charge in [-0.05, 0) is 32.0 Å². The molecule has 3 nitrogen and oxygen atoms in total. The number of carbonyl (C=O) groups is 1. The summed E-state index contributed by atoms with van der Waals surface area (Å²) in [6.45, 7) is 6.50. The molecule has 96 valence electrons. The Kier molecular flexibility index (Phi) is 6.55. The van der Waals surface area contributed by atoms with Crippen molar-refractivity contribution in [2.45, 2.75) is 26.2 Å². The molecular weight excluding hydrogens is 256 g/mol. The summed E-state index contributed by atoms with van der Waals surface area (Å²) >= 11 is 7.31. The Balaban J connectivity index is 2.28. The van der Waals surface area contributed by atoms with Crippen LogP contribution in [0.3, 0.4) is 0 Å². The number of thiophene rings is 1. The predicted molar refractivity (Wildman–Crippen MR) is 73.9 cm³/mol. The Morgan fingerprint density at radius 3 is 2.76 bits per heavy atom. The summed E-state index contributed by atoms with van der Waals surface area (Å²) < 4.78 is 0.726. The van der Waals surface area contributed by atoms with Gasteiger partial charge in [0.1, 0.15) is 0 Å². The number of rotatable bonds is 7. The molecule has 1 heterocycles. The molecule has 1 unspecified atom stereocenters. The van der Waals surface area contributed by atoms with E-state index in [0.717, 1.165) is 28.7 Å². The standard InChI is InChI=1S/C12H19ClN2OS/c1-3-6-14-7-8-15-12(16)9(2)10-4-5-11(13)17-10/h4-5,9,14H,3,6-8H2,1-2H3,(H,15,16). The van der Waals surface area contributed by atoms with Crippen molar-refractivity contribution in [3.63, 3.8) is 0 Å². The number of halogens is 1. The quantitative estimate of drug-likeness (QED) is 0.751. The van der Waals surface area contributed by atoms with Gasteiger partial charge < -0.3 is 10.6 Å². The second-order valence-electron chi connectivity index (χ2n) is 3.90. The Morgan fingerprint density at radius 2 is 2.18 bits per heavy atom. The molecule has 0 radical (unpaired) electrons. The van der Waals surface area contributed by atoms with Crippen molar-refractivity contribution in [2.75, 3.05) is 19.6 Å². The molecule has 0 aliphatic carbocycles. The van der Waals surface area contributed by atoms with Crippen molar-refractivity contribution in [1.29, 1.82) is 0 Å². The van der Waals surface area contributed by atoms with Gasteiger partial charge in [-0.3, -0.25) is 4.79 Å². The molecule has 1 atom stereocenters. The van der Waals surface area contributed by atoms with Crippen molar-refractivity contribution in [3.05, 3.63) is 21.3 Å². The molecule has 1 amide bonds. The first-order chi connectivity index (χ1) is 8.15. The molecule has 1 aromatic heterocycles. The Morgan fingerprint density at radius 1 is 1.41 bits per heavy atom. The molecule has 0 aliphatic heterocycles. The van der Waals surface area contributed by atoms with E-state index in [1.54, 1.807) is 0 Å². The zero-order chi connectivity index (χ0) is 12.7. The monoisotopic (exact) mass is 274 g/mol. The minimum absolute atomic E-state index is 0.0572. The van der Waals surface area contributed by atoms with Crippen LogP contribution in [-0.2, 0) is 4.79 Å². The van der Waals surface area contributed by atoms with Crippen LogP contribution in [0.1, 0.15) is 31.1 Å². The minimum atomic E-state index is -0.126. The fraction of sp³-hybridized carbons (Fsp3) is 0.583. The summed E-state index contributed by atoms with van der Waals surface area (Å²) in [6, 6.07) is 3.74. The summed E-state index contributed by atoms with van der Waals surface area (Å²) in [4.78, 5) is 12.8. The van der Waals surface area contributed by atoms with E-state index in [9.17, 15) is 4.79 Å². The molecule has 5 heteroatoms. The molecule has 1 aromatic rings. The van der Waals surface area contributed by atoms with Crippen molar-refractivity contribution >= 4 is 28.8 Å². The van der Waals surface area contributed by atoms with Crippen LogP contribution in [0.5, 0.6) is 0 Å². The third-order valence-corrected chi connectivity index (χ3v) is 3.86. The summed E-state index contributed by atoms with van der Waals surface area (Å²) in [5, 5.41) is 6.15. The third kappa shape index (κ3) is 5.06. The van der Waals surface area contributed by atoms with Crippen molar-refractivity contribution in [2.24, 2.45) is 0 Å². The summed E-state index contributed by atoms with van der Waals surface area (Å²) in [7, 11) is 0. The van der Waals surface area contributed by atoms with E-state index < -0.39 is 0 Å².